The van der Waals surface area contributed by atoms with Crippen LogP contribution in [0, 0.1) is 0 Å². The largest absolute Gasteiger partial charge is 0.497 e. The van der Waals surface area contributed by atoms with E-state index in [1.165, 1.54) is 0 Å². The summed E-state index contributed by atoms with van der Waals surface area (Å²) in [4.78, 5) is 12.3. The normalized spacial score (nSPS) is 14.9. The average molecular weight is 323 g/mol. The number of rotatable bonds is 3. The van der Waals surface area contributed by atoms with Gasteiger partial charge in [0.25, 0.3) is 0 Å². The van der Waals surface area contributed by atoms with Gasteiger partial charge in [-0.3, -0.25) is 0 Å². The first-order valence-electron chi connectivity index (χ1n) is 7.86. The molecule has 0 bridgehead atoms. The molecule has 0 amide bonds. The van der Waals surface area contributed by atoms with Crippen molar-refractivity contribution in [3.8, 4) is 11.5 Å². The molecule has 2 aromatic carbocycles. The molecular weight excluding hydrogens is 302 g/mol. The van der Waals surface area contributed by atoms with E-state index in [1.54, 1.807) is 31.4 Å². The van der Waals surface area contributed by atoms with Crippen LogP contribution in [-0.2, 0) is 0 Å². The number of anilines is 1. The number of methoxy groups -OCH3 is 1. The van der Waals surface area contributed by atoms with Gasteiger partial charge in [0, 0.05) is 11.3 Å². The standard InChI is InChI=1S/C20H21NO3/c1-13-12-20(2,3)21-18-10-9-16(11-17(13)18)24-19(22)14-5-7-15(23-4)8-6-14/h5-12,21H,1-4H3. The van der Waals surface area contributed by atoms with Crippen LogP contribution >= 0.6 is 0 Å². The molecule has 0 aliphatic carbocycles. The van der Waals surface area contributed by atoms with Gasteiger partial charge in [-0.25, -0.2) is 4.79 Å². The van der Waals surface area contributed by atoms with Gasteiger partial charge in [0.1, 0.15) is 11.5 Å². The van der Waals surface area contributed by atoms with Crippen molar-refractivity contribution in [1.82, 2.24) is 0 Å². The molecule has 0 aromatic heterocycles. The molecule has 0 spiro atoms. The van der Waals surface area contributed by atoms with Gasteiger partial charge in [-0.1, -0.05) is 6.08 Å². The summed E-state index contributed by atoms with van der Waals surface area (Å²) < 4.78 is 10.6. The van der Waals surface area contributed by atoms with Crippen LogP contribution < -0.4 is 14.8 Å². The first-order chi connectivity index (χ1) is 11.4. The number of ether oxygens (including phenoxy) is 2. The molecule has 124 valence electrons. The minimum atomic E-state index is -0.386. The topological polar surface area (TPSA) is 47.6 Å². The third-order valence-corrected chi connectivity index (χ3v) is 3.99. The van der Waals surface area contributed by atoms with Crippen molar-refractivity contribution in [2.75, 3.05) is 12.4 Å². The van der Waals surface area contributed by atoms with Crippen LogP contribution in [0.2, 0.25) is 0 Å². The maximum atomic E-state index is 12.3. The summed E-state index contributed by atoms with van der Waals surface area (Å²) in [6, 6.07) is 12.5. The molecule has 0 fully saturated rings. The highest BCUT2D eigenvalue weighted by atomic mass is 16.5. The third kappa shape index (κ3) is 3.27. The van der Waals surface area contributed by atoms with Gasteiger partial charge in [-0.15, -0.1) is 0 Å². The van der Waals surface area contributed by atoms with E-state index in [9.17, 15) is 4.79 Å². The lowest BCUT2D eigenvalue weighted by molar-refractivity contribution is 0.0734. The van der Waals surface area contributed by atoms with Gasteiger partial charge in [-0.2, -0.15) is 0 Å². The van der Waals surface area contributed by atoms with Crippen LogP contribution in [0.25, 0.3) is 5.57 Å². The quantitative estimate of drug-likeness (QED) is 0.666. The molecular formula is C20H21NO3. The number of esters is 1. The van der Waals surface area contributed by atoms with E-state index in [4.69, 9.17) is 9.47 Å². The van der Waals surface area contributed by atoms with Crippen LogP contribution in [0.5, 0.6) is 11.5 Å². The minimum absolute atomic E-state index is 0.0849. The second kappa shape index (κ2) is 6.04. The lowest BCUT2D eigenvalue weighted by Gasteiger charge is -2.31. The number of fused-ring (bicyclic) bond motifs is 1. The zero-order valence-corrected chi connectivity index (χ0v) is 14.3. The van der Waals surface area contributed by atoms with E-state index in [2.05, 4.69) is 32.2 Å². The monoisotopic (exact) mass is 323 g/mol. The average Bonchev–Trinajstić information content (AvgIpc) is 2.54. The maximum Gasteiger partial charge on any atom is 0.343 e. The summed E-state index contributed by atoms with van der Waals surface area (Å²) in [5.74, 6) is 0.849. The van der Waals surface area contributed by atoms with Crippen LogP contribution in [0.3, 0.4) is 0 Å². The summed E-state index contributed by atoms with van der Waals surface area (Å²) in [6.07, 6.45) is 2.17. The zero-order valence-electron chi connectivity index (χ0n) is 14.3. The predicted octanol–water partition coefficient (Wildman–Crippen LogP) is 4.52. The molecule has 1 aliphatic rings. The fraction of sp³-hybridized carbons (Fsp3) is 0.250. The summed E-state index contributed by atoms with van der Waals surface area (Å²) in [5.41, 5.74) is 3.66. The highest BCUT2D eigenvalue weighted by Gasteiger charge is 2.23. The van der Waals surface area contributed by atoms with E-state index in [0.717, 1.165) is 16.8 Å². The molecule has 1 heterocycles. The number of nitrogens with one attached hydrogen (secondary N) is 1. The SMILES string of the molecule is COc1ccc(C(=O)Oc2ccc3c(c2)C(C)=CC(C)(C)N3)cc1. The number of hydrogen-bond acceptors (Lipinski definition) is 4. The predicted molar refractivity (Wildman–Crippen MR) is 95.7 cm³/mol. The maximum absolute atomic E-state index is 12.3. The van der Waals surface area contributed by atoms with Gasteiger partial charge in [-0.05, 0) is 68.8 Å². The minimum Gasteiger partial charge on any atom is -0.497 e. The Morgan fingerprint density at radius 2 is 1.71 bits per heavy atom. The molecule has 0 unspecified atom stereocenters. The number of benzene rings is 2. The van der Waals surface area contributed by atoms with Gasteiger partial charge in [0.15, 0.2) is 0 Å². The summed E-state index contributed by atoms with van der Waals surface area (Å²) >= 11 is 0. The van der Waals surface area contributed by atoms with E-state index in [0.29, 0.717) is 17.1 Å². The molecule has 3 rings (SSSR count). The molecule has 0 saturated carbocycles. The lowest BCUT2D eigenvalue weighted by atomic mass is 9.91. The Hall–Kier alpha value is -2.75. The second-order valence-electron chi connectivity index (χ2n) is 6.50. The second-order valence-corrected chi connectivity index (χ2v) is 6.50. The van der Waals surface area contributed by atoms with Crippen molar-refractivity contribution in [3.63, 3.8) is 0 Å². The smallest absolute Gasteiger partial charge is 0.343 e. The number of allylic oxidation sites excluding steroid dienone is 1. The van der Waals surface area contributed by atoms with Crippen molar-refractivity contribution < 1.29 is 14.3 Å². The molecule has 1 aliphatic heterocycles. The Morgan fingerprint density at radius 1 is 1.04 bits per heavy atom. The number of carbonyl (C=O) groups excluding carboxylic acids is 1. The Morgan fingerprint density at radius 3 is 2.38 bits per heavy atom. The van der Waals surface area contributed by atoms with Crippen molar-refractivity contribution in [3.05, 3.63) is 59.7 Å². The van der Waals surface area contributed by atoms with Gasteiger partial charge < -0.3 is 14.8 Å². The highest BCUT2D eigenvalue weighted by molar-refractivity contribution is 5.91. The number of carbonyl (C=O) groups is 1. The van der Waals surface area contributed by atoms with Gasteiger partial charge in [0.2, 0.25) is 0 Å². The molecule has 0 radical (unpaired) electrons. The van der Waals surface area contributed by atoms with Crippen LogP contribution in [0.15, 0.2) is 48.5 Å². The summed E-state index contributed by atoms with van der Waals surface area (Å²) in [5, 5.41) is 3.46. The van der Waals surface area contributed by atoms with Crippen molar-refractivity contribution in [2.24, 2.45) is 0 Å². The lowest BCUT2D eigenvalue weighted by Crippen LogP contribution is -2.31. The first-order valence-corrected chi connectivity index (χ1v) is 7.86. The molecule has 1 N–H and O–H groups in total. The molecule has 4 heteroatoms. The van der Waals surface area contributed by atoms with E-state index in [1.807, 2.05) is 18.2 Å². The summed E-state index contributed by atoms with van der Waals surface area (Å²) in [6.45, 7) is 6.31. The molecule has 2 aromatic rings. The first kappa shape index (κ1) is 16.1. The van der Waals surface area contributed by atoms with E-state index >= 15 is 0 Å². The fourth-order valence-electron chi connectivity index (χ4n) is 2.92. The van der Waals surface area contributed by atoms with Crippen LogP contribution in [0.1, 0.15) is 36.7 Å². The Labute approximate surface area is 142 Å². The highest BCUT2D eigenvalue weighted by Crippen LogP contribution is 2.35. The fourth-order valence-corrected chi connectivity index (χ4v) is 2.92. The third-order valence-electron chi connectivity index (χ3n) is 3.99. The van der Waals surface area contributed by atoms with Crippen LogP contribution in [-0.4, -0.2) is 18.6 Å². The molecule has 0 atom stereocenters. The van der Waals surface area contributed by atoms with Crippen molar-refractivity contribution in [1.29, 1.82) is 0 Å². The van der Waals surface area contributed by atoms with E-state index < -0.39 is 0 Å². The molecule has 4 nitrogen and oxygen atoms in total. The Kier molecular flexibility index (Phi) is 4.06. The molecule has 0 saturated heterocycles. The number of hydrogen-bond donors (Lipinski definition) is 1. The Bertz CT molecular complexity index is 804. The van der Waals surface area contributed by atoms with Crippen molar-refractivity contribution >= 4 is 17.2 Å². The molecule has 24 heavy (non-hydrogen) atoms. The van der Waals surface area contributed by atoms with Gasteiger partial charge >= 0.3 is 5.97 Å². The van der Waals surface area contributed by atoms with Crippen LogP contribution in [0.4, 0.5) is 5.69 Å². The van der Waals surface area contributed by atoms with E-state index in [-0.39, 0.29) is 11.5 Å². The summed E-state index contributed by atoms with van der Waals surface area (Å²) in [7, 11) is 1.59. The Balaban J connectivity index is 1.81. The zero-order chi connectivity index (χ0) is 17.3. The van der Waals surface area contributed by atoms with Gasteiger partial charge in [0.05, 0.1) is 18.2 Å². The van der Waals surface area contributed by atoms with Crippen molar-refractivity contribution in [2.45, 2.75) is 26.3 Å².